The Hall–Kier alpha value is -0.160. The van der Waals surface area contributed by atoms with Crippen molar-refractivity contribution in [3.8, 4) is 0 Å². The number of hydrazine groups is 1. The zero-order valence-corrected chi connectivity index (χ0v) is 12.1. The van der Waals surface area contributed by atoms with E-state index >= 15 is 0 Å². The van der Waals surface area contributed by atoms with Crippen molar-refractivity contribution < 1.29 is 0 Å². The van der Waals surface area contributed by atoms with Gasteiger partial charge >= 0.3 is 0 Å². The molecular weight excluding hydrogens is 212 g/mol. The molecule has 0 saturated carbocycles. The van der Waals surface area contributed by atoms with Gasteiger partial charge in [-0.05, 0) is 32.2 Å². The summed E-state index contributed by atoms with van der Waals surface area (Å²) in [4.78, 5) is 0. The van der Waals surface area contributed by atoms with Crippen molar-refractivity contribution >= 4 is 0 Å². The summed E-state index contributed by atoms with van der Waals surface area (Å²) >= 11 is 0. The summed E-state index contributed by atoms with van der Waals surface area (Å²) in [5.41, 5.74) is 9.27. The average molecular weight is 242 g/mol. The fourth-order valence-corrected chi connectivity index (χ4v) is 3.07. The monoisotopic (exact) mass is 242 g/mol. The second kappa shape index (κ2) is 6.14. The van der Waals surface area contributed by atoms with Gasteiger partial charge in [-0.15, -0.1) is 0 Å². The van der Waals surface area contributed by atoms with Crippen LogP contribution in [-0.4, -0.2) is 36.9 Å². The molecule has 4 nitrogen and oxygen atoms in total. The number of nitrogens with two attached hydrogens (primary N) is 1. The first kappa shape index (κ1) is 14.9. The zero-order valence-electron chi connectivity index (χ0n) is 12.1. The van der Waals surface area contributed by atoms with Crippen LogP contribution in [0, 0.1) is 11.8 Å². The zero-order chi connectivity index (χ0) is 13.1. The van der Waals surface area contributed by atoms with Crippen LogP contribution in [0.4, 0.5) is 0 Å². The fraction of sp³-hybridized carbons (Fsp3) is 1.00. The highest BCUT2D eigenvalue weighted by molar-refractivity contribution is 5.00. The van der Waals surface area contributed by atoms with Gasteiger partial charge in [0.2, 0.25) is 0 Å². The molecule has 1 aliphatic rings. The van der Waals surface area contributed by atoms with E-state index in [1.807, 2.05) is 0 Å². The van der Waals surface area contributed by atoms with E-state index in [-0.39, 0.29) is 5.66 Å². The molecule has 0 spiro atoms. The Morgan fingerprint density at radius 2 is 2.12 bits per heavy atom. The van der Waals surface area contributed by atoms with Gasteiger partial charge in [-0.3, -0.25) is 10.7 Å². The summed E-state index contributed by atoms with van der Waals surface area (Å²) in [5.74, 6) is 1.12. The van der Waals surface area contributed by atoms with Crippen LogP contribution in [0.15, 0.2) is 0 Å². The van der Waals surface area contributed by atoms with E-state index in [4.69, 9.17) is 5.73 Å². The molecule has 17 heavy (non-hydrogen) atoms. The van der Waals surface area contributed by atoms with E-state index in [1.165, 1.54) is 0 Å². The fourth-order valence-electron chi connectivity index (χ4n) is 3.07. The van der Waals surface area contributed by atoms with Crippen LogP contribution in [0.3, 0.4) is 0 Å². The summed E-state index contributed by atoms with van der Waals surface area (Å²) in [5, 5.41) is 6.10. The molecule has 1 fully saturated rings. The molecule has 1 rings (SSSR count). The maximum Gasteiger partial charge on any atom is 0.0909 e. The average Bonchev–Trinajstić information content (AvgIpc) is 2.59. The summed E-state index contributed by atoms with van der Waals surface area (Å²) < 4.78 is 0. The number of nitrogens with one attached hydrogen (secondary N) is 2. The second-order valence-electron chi connectivity index (χ2n) is 5.63. The predicted octanol–water partition coefficient (Wildman–Crippen LogP) is 1.14. The van der Waals surface area contributed by atoms with E-state index in [2.05, 4.69) is 50.5 Å². The first-order valence-corrected chi connectivity index (χ1v) is 6.94. The molecule has 0 aromatic heterocycles. The van der Waals surface area contributed by atoms with E-state index in [9.17, 15) is 0 Å². The maximum absolute atomic E-state index is 5.76. The van der Waals surface area contributed by atoms with Crippen LogP contribution in [0.1, 0.15) is 40.5 Å². The first-order valence-electron chi connectivity index (χ1n) is 6.94. The summed E-state index contributed by atoms with van der Waals surface area (Å²) in [6.07, 6.45) is 2.22. The molecule has 0 radical (unpaired) electrons. The minimum absolute atomic E-state index is 0.0365. The third-order valence-corrected chi connectivity index (χ3v) is 4.24. The molecule has 102 valence electrons. The topological polar surface area (TPSA) is 53.3 Å². The van der Waals surface area contributed by atoms with Gasteiger partial charge in [-0.25, -0.2) is 5.01 Å². The molecule has 3 atom stereocenters. The van der Waals surface area contributed by atoms with Crippen molar-refractivity contribution in [2.75, 3.05) is 20.1 Å². The Balaban J connectivity index is 2.92. The van der Waals surface area contributed by atoms with Gasteiger partial charge in [0, 0.05) is 25.6 Å². The largest absolute Gasteiger partial charge is 0.330 e. The summed E-state index contributed by atoms with van der Waals surface area (Å²) in [6, 6.07) is 0.528. The van der Waals surface area contributed by atoms with Gasteiger partial charge < -0.3 is 5.73 Å². The third-order valence-electron chi connectivity index (χ3n) is 4.24. The lowest BCUT2D eigenvalue weighted by molar-refractivity contribution is 0.00336. The molecule has 0 aliphatic carbocycles. The molecule has 1 saturated heterocycles. The second-order valence-corrected chi connectivity index (χ2v) is 5.63. The van der Waals surface area contributed by atoms with Gasteiger partial charge in [0.1, 0.15) is 0 Å². The van der Waals surface area contributed by atoms with Crippen LogP contribution < -0.4 is 16.5 Å². The molecule has 0 amide bonds. The highest BCUT2D eigenvalue weighted by Gasteiger charge is 2.49. The minimum atomic E-state index is 0.0365. The van der Waals surface area contributed by atoms with Crippen LogP contribution in [0.25, 0.3) is 0 Å². The van der Waals surface area contributed by atoms with Crippen molar-refractivity contribution in [3.05, 3.63) is 0 Å². The minimum Gasteiger partial charge on any atom is -0.330 e. The smallest absolute Gasteiger partial charge is 0.0909 e. The van der Waals surface area contributed by atoms with Crippen molar-refractivity contribution in [2.45, 2.75) is 52.2 Å². The normalized spacial score (nSPS) is 32.3. The highest BCUT2D eigenvalue weighted by atomic mass is 15.6. The number of hydrogen-bond donors (Lipinski definition) is 3. The van der Waals surface area contributed by atoms with E-state index < -0.39 is 0 Å². The molecule has 1 aliphatic heterocycles. The van der Waals surface area contributed by atoms with Crippen LogP contribution >= 0.6 is 0 Å². The molecule has 0 bridgehead atoms. The Morgan fingerprint density at radius 3 is 2.59 bits per heavy atom. The summed E-state index contributed by atoms with van der Waals surface area (Å²) in [6.45, 7) is 10.9. The van der Waals surface area contributed by atoms with Crippen molar-refractivity contribution in [2.24, 2.45) is 17.6 Å². The molecule has 3 unspecified atom stereocenters. The van der Waals surface area contributed by atoms with Gasteiger partial charge in [0.25, 0.3) is 0 Å². The van der Waals surface area contributed by atoms with Crippen LogP contribution in [-0.2, 0) is 0 Å². The van der Waals surface area contributed by atoms with E-state index in [0.29, 0.717) is 17.9 Å². The highest BCUT2D eigenvalue weighted by Crippen LogP contribution is 2.35. The Kier molecular flexibility index (Phi) is 5.38. The van der Waals surface area contributed by atoms with Gasteiger partial charge in [-0.1, -0.05) is 20.8 Å². The molecule has 4 heteroatoms. The number of hydrogen-bond acceptors (Lipinski definition) is 4. The Labute approximate surface area is 106 Å². The van der Waals surface area contributed by atoms with Crippen molar-refractivity contribution in [3.63, 3.8) is 0 Å². The maximum atomic E-state index is 5.76. The predicted molar refractivity (Wildman–Crippen MR) is 73.4 cm³/mol. The third kappa shape index (κ3) is 2.81. The standard InChI is InChI=1S/C13H30N4/c1-6-11(4)16-13(10(2)3)12(7-8-14)9-15-17(13)5/h10-12,15-16H,6-9,14H2,1-5H3. The summed E-state index contributed by atoms with van der Waals surface area (Å²) in [7, 11) is 2.14. The van der Waals surface area contributed by atoms with Gasteiger partial charge in [0.05, 0.1) is 5.66 Å². The molecule has 0 aromatic rings. The first-order chi connectivity index (χ1) is 7.98. The van der Waals surface area contributed by atoms with Crippen LogP contribution in [0.5, 0.6) is 0 Å². The van der Waals surface area contributed by atoms with Gasteiger partial charge in [-0.2, -0.15) is 0 Å². The van der Waals surface area contributed by atoms with Gasteiger partial charge in [0.15, 0.2) is 0 Å². The van der Waals surface area contributed by atoms with Crippen molar-refractivity contribution in [1.82, 2.24) is 15.8 Å². The van der Waals surface area contributed by atoms with Crippen molar-refractivity contribution in [1.29, 1.82) is 0 Å². The quantitative estimate of drug-likeness (QED) is 0.654. The van der Waals surface area contributed by atoms with E-state index in [1.54, 1.807) is 0 Å². The molecule has 0 aromatic carbocycles. The number of rotatable bonds is 6. The lowest BCUT2D eigenvalue weighted by Crippen LogP contribution is -2.64. The molecule has 4 N–H and O–H groups in total. The molecular formula is C13H30N4. The van der Waals surface area contributed by atoms with E-state index in [0.717, 1.165) is 25.9 Å². The SMILES string of the molecule is CCC(C)NC1(C(C)C)C(CCN)CNN1C. The Bertz CT molecular complexity index is 229. The Morgan fingerprint density at radius 1 is 1.47 bits per heavy atom. The molecule has 1 heterocycles. The van der Waals surface area contributed by atoms with Crippen LogP contribution in [0.2, 0.25) is 0 Å². The number of nitrogens with zero attached hydrogens (tertiary/aromatic N) is 1. The lowest BCUT2D eigenvalue weighted by Gasteiger charge is -2.46. The lowest BCUT2D eigenvalue weighted by atomic mass is 9.81.